The maximum Gasteiger partial charge on any atom is 0.243 e. The van der Waals surface area contributed by atoms with E-state index in [9.17, 15) is 13.2 Å². The van der Waals surface area contributed by atoms with Crippen molar-refractivity contribution in [3.05, 3.63) is 99.0 Å². The molecule has 1 saturated heterocycles. The van der Waals surface area contributed by atoms with Crippen molar-refractivity contribution in [1.29, 1.82) is 0 Å². The van der Waals surface area contributed by atoms with E-state index in [1.54, 1.807) is 25.2 Å². The molecular weight excluding hydrogens is 601 g/mol. The third kappa shape index (κ3) is 6.93. The molecule has 3 aromatic carbocycles. The highest BCUT2D eigenvalue weighted by Crippen LogP contribution is 2.40. The molecule has 1 fully saturated rings. The second kappa shape index (κ2) is 13.4. The van der Waals surface area contributed by atoms with Crippen LogP contribution in [0.3, 0.4) is 0 Å². The van der Waals surface area contributed by atoms with Gasteiger partial charge in [0.25, 0.3) is 0 Å². The maximum absolute atomic E-state index is 13.7. The lowest BCUT2D eigenvalue weighted by Gasteiger charge is -2.43. The number of fused-ring (bicyclic) bond motifs is 1. The highest BCUT2D eigenvalue weighted by molar-refractivity contribution is 7.89. The molecule has 0 spiro atoms. The second-order valence-corrected chi connectivity index (χ2v) is 13.7. The van der Waals surface area contributed by atoms with E-state index in [0.29, 0.717) is 10.0 Å². The first-order valence-electron chi connectivity index (χ1n) is 13.7. The van der Waals surface area contributed by atoms with Crippen LogP contribution in [0, 0.1) is 0 Å². The van der Waals surface area contributed by atoms with Crippen molar-refractivity contribution >= 4 is 51.5 Å². The molecule has 3 aromatic rings. The van der Waals surface area contributed by atoms with Crippen molar-refractivity contribution < 1.29 is 13.2 Å². The molecule has 0 bridgehead atoms. The number of rotatable bonds is 8. The first-order valence-corrected chi connectivity index (χ1v) is 15.9. The number of aryl methyl sites for hydroxylation is 1. The summed E-state index contributed by atoms with van der Waals surface area (Å²) in [6, 6.07) is 20.1. The Labute approximate surface area is 259 Å². The van der Waals surface area contributed by atoms with Crippen LogP contribution in [0.5, 0.6) is 0 Å². The van der Waals surface area contributed by atoms with Gasteiger partial charge in [0.1, 0.15) is 0 Å². The highest BCUT2D eigenvalue weighted by atomic mass is 35.5. The van der Waals surface area contributed by atoms with Gasteiger partial charge in [0.15, 0.2) is 0 Å². The highest BCUT2D eigenvalue weighted by Gasteiger charge is 2.39. The number of sulfonamides is 1. The summed E-state index contributed by atoms with van der Waals surface area (Å²) in [6.45, 7) is 2.26. The van der Waals surface area contributed by atoms with Crippen LogP contribution in [0.15, 0.2) is 71.6 Å². The van der Waals surface area contributed by atoms with E-state index < -0.39 is 10.0 Å². The van der Waals surface area contributed by atoms with Crippen LogP contribution in [-0.4, -0.2) is 61.7 Å². The third-order valence-electron chi connectivity index (χ3n) is 8.23. The van der Waals surface area contributed by atoms with Gasteiger partial charge in [-0.1, -0.05) is 65.7 Å². The molecule has 2 atom stereocenters. The monoisotopic (exact) mass is 635 g/mol. The molecule has 0 N–H and O–H groups in total. The van der Waals surface area contributed by atoms with Gasteiger partial charge in [0.05, 0.1) is 27.4 Å². The minimum absolute atomic E-state index is 0. The average molecular weight is 637 g/mol. The summed E-state index contributed by atoms with van der Waals surface area (Å²) in [6.07, 6.45) is 4.22. The smallest absolute Gasteiger partial charge is 0.243 e. The number of nitrogens with zero attached hydrogens (tertiary/aromatic N) is 3. The van der Waals surface area contributed by atoms with Gasteiger partial charge >= 0.3 is 0 Å². The minimum atomic E-state index is -3.74. The zero-order valence-corrected chi connectivity index (χ0v) is 26.4. The molecule has 0 aromatic heterocycles. The van der Waals surface area contributed by atoms with Crippen LogP contribution >= 0.6 is 35.6 Å². The molecule has 0 radical (unpaired) electrons. The lowest BCUT2D eigenvalue weighted by atomic mass is 9.82. The Hall–Kier alpha value is -2.13. The van der Waals surface area contributed by atoms with Gasteiger partial charge in [-0.25, -0.2) is 8.42 Å². The van der Waals surface area contributed by atoms with Crippen molar-refractivity contribution in [3.8, 4) is 0 Å². The first-order chi connectivity index (χ1) is 19.1. The van der Waals surface area contributed by atoms with Crippen LogP contribution in [0.4, 0.5) is 0 Å². The first kappa shape index (κ1) is 31.8. The van der Waals surface area contributed by atoms with Gasteiger partial charge in [0, 0.05) is 26.7 Å². The van der Waals surface area contributed by atoms with E-state index in [-0.39, 0.29) is 48.3 Å². The molecule has 2 aliphatic rings. The van der Waals surface area contributed by atoms with Crippen LogP contribution in [0.2, 0.25) is 10.0 Å². The van der Waals surface area contributed by atoms with Crippen molar-refractivity contribution in [3.63, 3.8) is 0 Å². The normalized spacial score (nSPS) is 19.0. The number of hydrogen-bond acceptors (Lipinski definition) is 4. The number of carbonyl (C=O) groups is 1. The third-order valence-corrected chi connectivity index (χ3v) is 10.8. The standard InChI is InChI=1S/C31H35Cl2N3O3S.ClH/c1-34(21-22-8-4-3-5-9-22)40(38,39)25-13-11-24-12-15-29(36-16-6-7-17-36)31(26(24)20-25)35(2)30(37)19-23-10-14-27(32)28(33)18-23;/h3-5,8-11,13-14,18,20,29,31H,6-7,12,15-17,19,21H2,1-2H3;1H/t29-,31-;/m0./s1. The Balaban J connectivity index is 0.00000387. The largest absolute Gasteiger partial charge is 0.337 e. The van der Waals surface area contributed by atoms with E-state index >= 15 is 0 Å². The zero-order chi connectivity index (χ0) is 28.4. The van der Waals surface area contributed by atoms with E-state index in [0.717, 1.165) is 61.0 Å². The summed E-state index contributed by atoms with van der Waals surface area (Å²) >= 11 is 12.3. The van der Waals surface area contributed by atoms with Gasteiger partial charge in [0.2, 0.25) is 15.9 Å². The Morgan fingerprint density at radius 2 is 1.63 bits per heavy atom. The fraction of sp³-hybridized carbons (Fsp3) is 0.387. The van der Waals surface area contributed by atoms with Crippen molar-refractivity contribution in [1.82, 2.24) is 14.1 Å². The molecule has 1 heterocycles. The lowest BCUT2D eigenvalue weighted by molar-refractivity contribution is -0.133. The molecule has 10 heteroatoms. The molecule has 1 aliphatic heterocycles. The van der Waals surface area contributed by atoms with Crippen molar-refractivity contribution in [2.45, 2.75) is 55.6 Å². The molecule has 1 aliphatic carbocycles. The predicted octanol–water partition coefficient (Wildman–Crippen LogP) is 6.39. The quantitative estimate of drug-likeness (QED) is 0.288. The van der Waals surface area contributed by atoms with Crippen LogP contribution in [0.25, 0.3) is 0 Å². The lowest BCUT2D eigenvalue weighted by Crippen LogP contribution is -2.48. The molecule has 6 nitrogen and oxygen atoms in total. The summed E-state index contributed by atoms with van der Waals surface area (Å²) in [5.74, 6) is -0.0464. The summed E-state index contributed by atoms with van der Waals surface area (Å²) in [5, 5.41) is 0.870. The summed E-state index contributed by atoms with van der Waals surface area (Å²) in [4.78, 5) is 18.2. The fourth-order valence-electron chi connectivity index (χ4n) is 6.04. The summed E-state index contributed by atoms with van der Waals surface area (Å²) in [7, 11) is -0.296. The molecule has 0 saturated carbocycles. The van der Waals surface area contributed by atoms with E-state index in [4.69, 9.17) is 23.2 Å². The molecule has 41 heavy (non-hydrogen) atoms. The number of likely N-dealkylation sites (tertiary alicyclic amines) is 1. The maximum atomic E-state index is 13.7. The molecule has 220 valence electrons. The number of benzene rings is 3. The number of amides is 1. The zero-order valence-electron chi connectivity index (χ0n) is 23.3. The summed E-state index contributed by atoms with van der Waals surface area (Å²) < 4.78 is 28.8. The molecule has 5 rings (SSSR count). The molecule has 1 amide bonds. The Bertz CT molecular complexity index is 1480. The minimum Gasteiger partial charge on any atom is -0.337 e. The Morgan fingerprint density at radius 3 is 2.32 bits per heavy atom. The number of carbonyl (C=O) groups excluding carboxylic acids is 1. The Kier molecular flexibility index (Phi) is 10.4. The Morgan fingerprint density at radius 1 is 0.927 bits per heavy atom. The van der Waals surface area contributed by atoms with Gasteiger partial charge in [-0.05, 0) is 85.3 Å². The van der Waals surface area contributed by atoms with E-state index in [2.05, 4.69) is 4.90 Å². The van der Waals surface area contributed by atoms with Crippen LogP contribution in [0.1, 0.15) is 47.6 Å². The van der Waals surface area contributed by atoms with Crippen molar-refractivity contribution in [2.75, 3.05) is 27.2 Å². The molecule has 0 unspecified atom stereocenters. The second-order valence-electron chi connectivity index (χ2n) is 10.8. The van der Waals surface area contributed by atoms with Gasteiger partial charge in [-0.3, -0.25) is 9.69 Å². The number of hydrogen-bond donors (Lipinski definition) is 0. The summed E-state index contributed by atoms with van der Waals surface area (Å²) in [5.41, 5.74) is 3.73. The average Bonchev–Trinajstić information content (AvgIpc) is 3.49. The van der Waals surface area contributed by atoms with Crippen LogP contribution in [-0.2, 0) is 34.2 Å². The van der Waals surface area contributed by atoms with Gasteiger partial charge in [-0.2, -0.15) is 4.31 Å². The number of likely N-dealkylation sites (N-methyl/N-ethyl adjacent to an activating group) is 1. The SMILES string of the molecule is CN(C(=O)Cc1ccc(Cl)c(Cl)c1)[C@H]1c2cc(S(=O)(=O)N(C)Cc3ccccc3)ccc2CC[C@@H]1N1CCCC1.Cl. The van der Waals surface area contributed by atoms with E-state index in [1.165, 1.54) is 4.31 Å². The number of halogens is 3. The van der Waals surface area contributed by atoms with Crippen molar-refractivity contribution in [2.24, 2.45) is 0 Å². The molecular formula is C31H36Cl3N3O3S. The predicted molar refractivity (Wildman–Crippen MR) is 167 cm³/mol. The van der Waals surface area contributed by atoms with Gasteiger partial charge < -0.3 is 4.90 Å². The topological polar surface area (TPSA) is 60.9 Å². The van der Waals surface area contributed by atoms with Gasteiger partial charge in [-0.15, -0.1) is 12.4 Å². The van der Waals surface area contributed by atoms with Crippen LogP contribution < -0.4 is 0 Å². The fourth-order valence-corrected chi connectivity index (χ4v) is 7.55. The van der Waals surface area contributed by atoms with E-state index in [1.807, 2.05) is 60.5 Å².